The van der Waals surface area contributed by atoms with E-state index in [0.29, 0.717) is 50.0 Å². The van der Waals surface area contributed by atoms with E-state index in [4.69, 9.17) is 33.3 Å². The topological polar surface area (TPSA) is 38.8 Å². The van der Waals surface area contributed by atoms with Crippen LogP contribution in [0.2, 0.25) is 5.02 Å². The zero-order valence-corrected chi connectivity index (χ0v) is 21.6. The summed E-state index contributed by atoms with van der Waals surface area (Å²) in [7, 11) is 0. The maximum Gasteiger partial charge on any atom is 0.266 e. The standard InChI is InChI=1S/C27H23ClFNO3S2/c1-3-32-23-13-19(12-21(28)25(23)33-16-20-6-4-5-7-22(20)29)14-24-26(31)30(27(34)35-24)15-18-10-8-17(2)9-11-18/h4-14H,3,15-16H2,1-2H3/b24-14-. The molecule has 0 radical (unpaired) electrons. The molecule has 0 atom stereocenters. The van der Waals surface area contributed by atoms with E-state index in [2.05, 4.69) is 0 Å². The van der Waals surface area contributed by atoms with E-state index in [1.165, 1.54) is 17.8 Å². The maximum atomic E-state index is 14.0. The molecule has 0 aromatic heterocycles. The van der Waals surface area contributed by atoms with E-state index in [9.17, 15) is 9.18 Å². The molecule has 0 saturated carbocycles. The van der Waals surface area contributed by atoms with Crippen molar-refractivity contribution in [2.75, 3.05) is 6.61 Å². The molecule has 180 valence electrons. The maximum absolute atomic E-state index is 14.0. The monoisotopic (exact) mass is 527 g/mol. The number of carbonyl (C=O) groups excluding carboxylic acids is 1. The van der Waals surface area contributed by atoms with Gasteiger partial charge in [-0.25, -0.2) is 4.39 Å². The molecule has 0 N–H and O–H groups in total. The Labute approximate surface area is 218 Å². The van der Waals surface area contributed by atoms with Crippen LogP contribution in [0.4, 0.5) is 4.39 Å². The van der Waals surface area contributed by atoms with Crippen molar-refractivity contribution in [2.24, 2.45) is 0 Å². The Balaban J connectivity index is 1.55. The zero-order valence-electron chi connectivity index (χ0n) is 19.2. The van der Waals surface area contributed by atoms with Crippen LogP contribution in [0.5, 0.6) is 11.5 Å². The molecule has 0 spiro atoms. The van der Waals surface area contributed by atoms with Gasteiger partial charge in [0.05, 0.1) is 23.1 Å². The lowest BCUT2D eigenvalue weighted by atomic mass is 10.1. The highest BCUT2D eigenvalue weighted by molar-refractivity contribution is 8.26. The van der Waals surface area contributed by atoms with Crippen LogP contribution in [0.1, 0.15) is 29.2 Å². The van der Waals surface area contributed by atoms with Gasteiger partial charge in [0.2, 0.25) is 0 Å². The van der Waals surface area contributed by atoms with Gasteiger partial charge in [-0.3, -0.25) is 9.69 Å². The van der Waals surface area contributed by atoms with E-state index in [-0.39, 0.29) is 18.3 Å². The van der Waals surface area contributed by atoms with E-state index in [1.807, 2.05) is 38.1 Å². The van der Waals surface area contributed by atoms with E-state index < -0.39 is 0 Å². The van der Waals surface area contributed by atoms with Crippen LogP contribution in [0.15, 0.2) is 65.6 Å². The first-order chi connectivity index (χ1) is 16.9. The number of carbonyl (C=O) groups is 1. The second kappa shape index (κ2) is 11.2. The number of hydrogen-bond acceptors (Lipinski definition) is 5. The van der Waals surface area contributed by atoms with Crippen LogP contribution in [0.25, 0.3) is 6.08 Å². The first-order valence-electron chi connectivity index (χ1n) is 11.0. The lowest BCUT2D eigenvalue weighted by Gasteiger charge is -2.15. The third-order valence-electron chi connectivity index (χ3n) is 5.29. The highest BCUT2D eigenvalue weighted by Gasteiger charge is 2.32. The molecule has 3 aromatic rings. The van der Waals surface area contributed by atoms with Crippen molar-refractivity contribution in [1.82, 2.24) is 4.90 Å². The molecule has 1 amide bonds. The van der Waals surface area contributed by atoms with Gasteiger partial charge in [0.15, 0.2) is 11.5 Å². The zero-order chi connectivity index (χ0) is 24.9. The van der Waals surface area contributed by atoms with Gasteiger partial charge >= 0.3 is 0 Å². The predicted molar refractivity (Wildman–Crippen MR) is 143 cm³/mol. The molecule has 0 aliphatic carbocycles. The van der Waals surface area contributed by atoms with Crippen molar-refractivity contribution >= 4 is 51.9 Å². The van der Waals surface area contributed by atoms with E-state index >= 15 is 0 Å². The van der Waals surface area contributed by atoms with Crippen LogP contribution < -0.4 is 9.47 Å². The fourth-order valence-electron chi connectivity index (χ4n) is 3.50. The van der Waals surface area contributed by atoms with Gasteiger partial charge in [-0.15, -0.1) is 0 Å². The Morgan fingerprint density at radius 3 is 2.57 bits per heavy atom. The molecule has 1 saturated heterocycles. The molecule has 4 rings (SSSR count). The summed E-state index contributed by atoms with van der Waals surface area (Å²) in [6.07, 6.45) is 1.74. The van der Waals surface area contributed by atoms with Gasteiger partial charge in [-0.1, -0.05) is 83.6 Å². The highest BCUT2D eigenvalue weighted by Crippen LogP contribution is 2.40. The number of halogens is 2. The van der Waals surface area contributed by atoms with Crippen LogP contribution in [0.3, 0.4) is 0 Å². The van der Waals surface area contributed by atoms with Crippen molar-refractivity contribution in [2.45, 2.75) is 27.0 Å². The highest BCUT2D eigenvalue weighted by atomic mass is 35.5. The summed E-state index contributed by atoms with van der Waals surface area (Å²) >= 11 is 13.2. The average molecular weight is 528 g/mol. The number of ether oxygens (including phenoxy) is 2. The average Bonchev–Trinajstić information content (AvgIpc) is 3.08. The van der Waals surface area contributed by atoms with Gasteiger partial charge in [0.25, 0.3) is 5.91 Å². The van der Waals surface area contributed by atoms with Crippen molar-refractivity contribution in [3.05, 3.63) is 98.7 Å². The second-order valence-electron chi connectivity index (χ2n) is 7.90. The Bertz CT molecular complexity index is 1290. The molecular weight excluding hydrogens is 505 g/mol. The Hall–Kier alpha value is -2.87. The molecule has 1 aliphatic heterocycles. The summed E-state index contributed by atoms with van der Waals surface area (Å²) in [5.74, 6) is 0.221. The quantitative estimate of drug-likeness (QED) is 0.229. The van der Waals surface area contributed by atoms with Crippen molar-refractivity contribution < 1.29 is 18.7 Å². The predicted octanol–water partition coefficient (Wildman–Crippen LogP) is 7.17. The third-order valence-corrected chi connectivity index (χ3v) is 6.95. The lowest BCUT2D eigenvalue weighted by molar-refractivity contribution is -0.122. The first-order valence-corrected chi connectivity index (χ1v) is 12.6. The van der Waals surface area contributed by atoms with Crippen molar-refractivity contribution in [1.29, 1.82) is 0 Å². The number of aryl methyl sites for hydroxylation is 1. The van der Waals surface area contributed by atoms with Crippen molar-refractivity contribution in [3.8, 4) is 11.5 Å². The summed E-state index contributed by atoms with van der Waals surface area (Å²) in [5.41, 5.74) is 3.24. The minimum atomic E-state index is -0.356. The summed E-state index contributed by atoms with van der Waals surface area (Å²) < 4.78 is 26.1. The van der Waals surface area contributed by atoms with Gasteiger partial charge < -0.3 is 9.47 Å². The fraction of sp³-hybridized carbons (Fsp3) is 0.185. The number of nitrogens with zero attached hydrogens (tertiary/aromatic N) is 1. The number of rotatable bonds is 8. The number of hydrogen-bond donors (Lipinski definition) is 0. The Kier molecular flexibility index (Phi) is 8.11. The summed E-state index contributed by atoms with van der Waals surface area (Å²) in [6.45, 7) is 4.66. The molecule has 0 bridgehead atoms. The second-order valence-corrected chi connectivity index (χ2v) is 9.98. The van der Waals surface area contributed by atoms with E-state index in [0.717, 1.165) is 11.1 Å². The molecule has 1 fully saturated rings. The summed E-state index contributed by atoms with van der Waals surface area (Å²) in [5, 5.41) is 0.300. The molecule has 3 aromatic carbocycles. The minimum Gasteiger partial charge on any atom is -0.490 e. The van der Waals surface area contributed by atoms with Crippen LogP contribution >= 0.6 is 35.6 Å². The molecule has 0 unspecified atom stereocenters. The van der Waals surface area contributed by atoms with Gasteiger partial charge in [0.1, 0.15) is 16.7 Å². The first kappa shape index (κ1) is 25.2. The molecular formula is C27H23ClFNO3S2. The van der Waals surface area contributed by atoms with Crippen molar-refractivity contribution in [3.63, 3.8) is 0 Å². The Morgan fingerprint density at radius 1 is 1.11 bits per heavy atom. The number of benzene rings is 3. The Morgan fingerprint density at radius 2 is 1.86 bits per heavy atom. The smallest absolute Gasteiger partial charge is 0.266 e. The molecule has 4 nitrogen and oxygen atoms in total. The fourth-order valence-corrected chi connectivity index (χ4v) is 5.03. The molecule has 8 heteroatoms. The number of thioether (sulfide) groups is 1. The molecule has 1 heterocycles. The number of thiocarbonyl (C=S) groups is 1. The van der Waals surface area contributed by atoms with Gasteiger partial charge in [0, 0.05) is 5.56 Å². The minimum absolute atomic E-state index is 0.00345. The summed E-state index contributed by atoms with van der Waals surface area (Å²) in [6, 6.07) is 17.8. The third kappa shape index (κ3) is 6.04. The van der Waals surface area contributed by atoms with Crippen LogP contribution in [0, 0.1) is 12.7 Å². The summed E-state index contributed by atoms with van der Waals surface area (Å²) in [4.78, 5) is 15.2. The SMILES string of the molecule is CCOc1cc(/C=C2\SC(=S)N(Cc3ccc(C)cc3)C2=O)cc(Cl)c1OCc1ccccc1F. The lowest BCUT2D eigenvalue weighted by Crippen LogP contribution is -2.27. The van der Waals surface area contributed by atoms with Gasteiger partial charge in [-0.2, -0.15) is 0 Å². The molecule has 1 aliphatic rings. The van der Waals surface area contributed by atoms with Crippen LogP contribution in [-0.4, -0.2) is 21.7 Å². The van der Waals surface area contributed by atoms with Gasteiger partial charge in [-0.05, 0) is 49.2 Å². The normalized spacial score (nSPS) is 14.6. The van der Waals surface area contributed by atoms with Crippen LogP contribution in [-0.2, 0) is 17.9 Å². The molecule has 35 heavy (non-hydrogen) atoms. The largest absolute Gasteiger partial charge is 0.490 e. The van der Waals surface area contributed by atoms with E-state index in [1.54, 1.807) is 41.3 Å². The number of amides is 1.